The topological polar surface area (TPSA) is 12.9 Å². The maximum Gasteiger partial charge on any atom is 0.0970 e. The molecule has 1 nitrogen and oxygen atoms in total. The zero-order valence-corrected chi connectivity index (χ0v) is 6.79. The SMILES string of the molecule is [Co].[c]1nccc2ccccc12. The largest absolute Gasteiger partial charge is 0.254 e. The second-order valence-corrected chi connectivity index (χ2v) is 2.14. The standard InChI is InChI=1S/C9H6N.Co/c1-2-4-9-7-10-6-5-8(9)3-1;/h1-6H;. The summed E-state index contributed by atoms with van der Waals surface area (Å²) in [6.45, 7) is 0. The Balaban J connectivity index is 0.000000605. The number of pyridine rings is 1. The van der Waals surface area contributed by atoms with Crippen LogP contribution in [-0.4, -0.2) is 4.98 Å². The Hall–Kier alpha value is -0.864. The third kappa shape index (κ3) is 1.58. The molecule has 11 heavy (non-hydrogen) atoms. The molecule has 56 valence electrons. The van der Waals surface area contributed by atoms with Gasteiger partial charge in [0, 0.05) is 28.4 Å². The minimum atomic E-state index is 0. The number of hydrogen-bond donors (Lipinski definition) is 0. The predicted octanol–water partition coefficient (Wildman–Crippen LogP) is 2.03. The van der Waals surface area contributed by atoms with Gasteiger partial charge in [0.2, 0.25) is 0 Å². The molecule has 1 heterocycles. The van der Waals surface area contributed by atoms with Crippen molar-refractivity contribution in [3.8, 4) is 0 Å². The second kappa shape index (κ2) is 3.51. The van der Waals surface area contributed by atoms with Gasteiger partial charge < -0.3 is 0 Å². The molecule has 0 spiro atoms. The van der Waals surface area contributed by atoms with E-state index >= 15 is 0 Å². The summed E-state index contributed by atoms with van der Waals surface area (Å²) in [5.41, 5.74) is 0. The van der Waals surface area contributed by atoms with Gasteiger partial charge in [0.05, 0.1) is 6.20 Å². The first-order valence-electron chi connectivity index (χ1n) is 3.18. The number of hydrogen-bond acceptors (Lipinski definition) is 1. The zero-order chi connectivity index (χ0) is 6.81. The van der Waals surface area contributed by atoms with E-state index in [0.29, 0.717) is 0 Å². The van der Waals surface area contributed by atoms with Crippen LogP contribution in [0.25, 0.3) is 10.8 Å². The fourth-order valence-corrected chi connectivity index (χ4v) is 0.969. The molecule has 0 saturated carbocycles. The normalized spacial score (nSPS) is 9.09. The molecule has 0 amide bonds. The summed E-state index contributed by atoms with van der Waals surface area (Å²) >= 11 is 0. The first kappa shape index (κ1) is 8.24. The average molecular weight is 187 g/mol. The Labute approximate surface area is 75.7 Å². The van der Waals surface area contributed by atoms with E-state index in [9.17, 15) is 0 Å². The van der Waals surface area contributed by atoms with Gasteiger partial charge in [0.15, 0.2) is 0 Å². The fourth-order valence-electron chi connectivity index (χ4n) is 0.969. The van der Waals surface area contributed by atoms with Gasteiger partial charge in [0.1, 0.15) is 0 Å². The van der Waals surface area contributed by atoms with E-state index in [1.807, 2.05) is 30.3 Å². The third-order valence-electron chi connectivity index (χ3n) is 1.47. The van der Waals surface area contributed by atoms with Crippen molar-refractivity contribution in [2.24, 2.45) is 0 Å². The van der Waals surface area contributed by atoms with Gasteiger partial charge in [-0.2, -0.15) is 0 Å². The van der Waals surface area contributed by atoms with Gasteiger partial charge in [-0.1, -0.05) is 24.3 Å². The maximum atomic E-state index is 3.89. The maximum absolute atomic E-state index is 3.89. The first-order valence-corrected chi connectivity index (χ1v) is 3.18. The van der Waals surface area contributed by atoms with Crippen molar-refractivity contribution in [3.63, 3.8) is 0 Å². The molecule has 2 rings (SSSR count). The molecule has 2 aromatic rings. The van der Waals surface area contributed by atoms with Crippen LogP contribution in [0.15, 0.2) is 36.5 Å². The molecule has 0 atom stereocenters. The Kier molecular flexibility index (Phi) is 2.62. The minimum absolute atomic E-state index is 0. The van der Waals surface area contributed by atoms with E-state index in [-0.39, 0.29) is 16.8 Å². The van der Waals surface area contributed by atoms with Crippen molar-refractivity contribution >= 4 is 10.8 Å². The molecule has 1 aromatic heterocycles. The molecular weight excluding hydrogens is 181 g/mol. The molecule has 1 aromatic carbocycles. The molecule has 0 unspecified atom stereocenters. The van der Waals surface area contributed by atoms with E-state index in [1.165, 1.54) is 5.39 Å². The van der Waals surface area contributed by atoms with Crippen molar-refractivity contribution < 1.29 is 16.8 Å². The van der Waals surface area contributed by atoms with Crippen molar-refractivity contribution in [1.29, 1.82) is 0 Å². The summed E-state index contributed by atoms with van der Waals surface area (Å²) in [6, 6.07) is 10.0. The number of aromatic nitrogens is 1. The summed E-state index contributed by atoms with van der Waals surface area (Å²) in [4.78, 5) is 3.89. The van der Waals surface area contributed by atoms with Gasteiger partial charge in [-0.25, -0.2) is 0 Å². The Morgan fingerprint density at radius 1 is 1.09 bits per heavy atom. The summed E-state index contributed by atoms with van der Waals surface area (Å²) < 4.78 is 0. The van der Waals surface area contributed by atoms with Gasteiger partial charge in [-0.15, -0.1) is 0 Å². The van der Waals surface area contributed by atoms with Gasteiger partial charge in [-0.3, -0.25) is 4.98 Å². The molecule has 0 aliphatic rings. The molecule has 0 fully saturated rings. The molecule has 0 aliphatic heterocycles. The Bertz CT molecular complexity index is 281. The van der Waals surface area contributed by atoms with Crippen LogP contribution in [0.2, 0.25) is 0 Å². The van der Waals surface area contributed by atoms with E-state index in [2.05, 4.69) is 11.2 Å². The molecular formula is C9H6CoN. The van der Waals surface area contributed by atoms with Crippen LogP contribution >= 0.6 is 0 Å². The summed E-state index contributed by atoms with van der Waals surface area (Å²) in [6.07, 6.45) is 4.65. The minimum Gasteiger partial charge on any atom is -0.254 e. The van der Waals surface area contributed by atoms with Crippen LogP contribution in [-0.2, 0) is 16.8 Å². The van der Waals surface area contributed by atoms with Crippen LogP contribution in [0, 0.1) is 6.20 Å². The number of fused-ring (bicyclic) bond motifs is 1. The molecule has 0 saturated heterocycles. The second-order valence-electron chi connectivity index (χ2n) is 2.14. The van der Waals surface area contributed by atoms with E-state index in [4.69, 9.17) is 0 Å². The zero-order valence-electron chi connectivity index (χ0n) is 5.74. The number of rotatable bonds is 0. The monoisotopic (exact) mass is 187 g/mol. The number of benzene rings is 1. The molecule has 0 aliphatic carbocycles. The van der Waals surface area contributed by atoms with Crippen molar-refractivity contribution in [3.05, 3.63) is 42.7 Å². The smallest absolute Gasteiger partial charge is 0.0970 e. The Morgan fingerprint density at radius 2 is 1.91 bits per heavy atom. The van der Waals surface area contributed by atoms with Crippen LogP contribution in [0.4, 0.5) is 0 Å². The van der Waals surface area contributed by atoms with Crippen LogP contribution in [0.3, 0.4) is 0 Å². The molecule has 0 bridgehead atoms. The van der Waals surface area contributed by atoms with E-state index < -0.39 is 0 Å². The molecule has 2 radical (unpaired) electrons. The predicted molar refractivity (Wildman–Crippen MR) is 40.6 cm³/mol. The van der Waals surface area contributed by atoms with Crippen molar-refractivity contribution in [2.45, 2.75) is 0 Å². The van der Waals surface area contributed by atoms with Gasteiger partial charge >= 0.3 is 0 Å². The van der Waals surface area contributed by atoms with Crippen molar-refractivity contribution in [2.75, 3.05) is 0 Å². The fraction of sp³-hybridized carbons (Fsp3) is 0. The van der Waals surface area contributed by atoms with Gasteiger partial charge in [0.25, 0.3) is 0 Å². The van der Waals surface area contributed by atoms with Crippen LogP contribution in [0.1, 0.15) is 0 Å². The summed E-state index contributed by atoms with van der Waals surface area (Å²) in [7, 11) is 0. The van der Waals surface area contributed by atoms with Gasteiger partial charge in [-0.05, 0) is 11.5 Å². The Morgan fingerprint density at radius 3 is 2.73 bits per heavy atom. The van der Waals surface area contributed by atoms with Crippen LogP contribution in [0.5, 0.6) is 0 Å². The van der Waals surface area contributed by atoms with Crippen LogP contribution < -0.4 is 0 Å². The average Bonchev–Trinajstić information content (AvgIpc) is 2.05. The first-order chi connectivity index (χ1) is 4.97. The third-order valence-corrected chi connectivity index (χ3v) is 1.47. The summed E-state index contributed by atoms with van der Waals surface area (Å²) in [5, 5.41) is 2.27. The van der Waals surface area contributed by atoms with E-state index in [0.717, 1.165) is 5.39 Å². The quantitative estimate of drug-likeness (QED) is 0.614. The molecule has 0 N–H and O–H groups in total. The van der Waals surface area contributed by atoms with E-state index in [1.54, 1.807) is 6.20 Å². The molecule has 2 heteroatoms. The summed E-state index contributed by atoms with van der Waals surface area (Å²) in [5.74, 6) is 0. The van der Waals surface area contributed by atoms with Crippen molar-refractivity contribution in [1.82, 2.24) is 4.98 Å². The number of nitrogens with zero attached hydrogens (tertiary/aromatic N) is 1.